The topological polar surface area (TPSA) is 86.8 Å². The molecule has 43 heavy (non-hydrogen) atoms. The van der Waals surface area contributed by atoms with Crippen LogP contribution in [0.1, 0.15) is 55.4 Å². The highest BCUT2D eigenvalue weighted by atomic mass is 35.5. The summed E-state index contributed by atoms with van der Waals surface area (Å²) in [6.45, 7) is 8.06. The van der Waals surface area contributed by atoms with Crippen molar-refractivity contribution in [2.45, 2.75) is 72.0 Å². The molecule has 0 aliphatic heterocycles. The maximum absolute atomic E-state index is 14.0. The fraction of sp³-hybridized carbons (Fsp3) is 0.394. The van der Waals surface area contributed by atoms with Gasteiger partial charge in [0.2, 0.25) is 21.8 Å². The van der Waals surface area contributed by atoms with Crippen molar-refractivity contribution in [2.24, 2.45) is 0 Å². The molecule has 1 N–H and O–H groups in total. The molecule has 0 unspecified atom stereocenters. The van der Waals surface area contributed by atoms with Crippen LogP contribution in [0.15, 0.2) is 66.7 Å². The summed E-state index contributed by atoms with van der Waals surface area (Å²) >= 11 is 12.4. The van der Waals surface area contributed by atoms with E-state index in [1.54, 1.807) is 29.2 Å². The van der Waals surface area contributed by atoms with Gasteiger partial charge in [0.05, 0.1) is 22.0 Å². The number of carbonyl (C=O) groups excluding carboxylic acids is 2. The summed E-state index contributed by atoms with van der Waals surface area (Å²) in [5.74, 6) is -0.514. The van der Waals surface area contributed by atoms with Crippen molar-refractivity contribution in [3.63, 3.8) is 0 Å². The maximum Gasteiger partial charge on any atom is 0.243 e. The molecule has 7 nitrogen and oxygen atoms in total. The fourth-order valence-corrected chi connectivity index (χ4v) is 5.99. The van der Waals surface area contributed by atoms with E-state index in [1.165, 1.54) is 4.31 Å². The second-order valence-corrected chi connectivity index (χ2v) is 13.7. The fourth-order valence-electron chi connectivity index (χ4n) is 4.71. The number of hydrogen-bond acceptors (Lipinski definition) is 4. The Kier molecular flexibility index (Phi) is 12.5. The van der Waals surface area contributed by atoms with Crippen molar-refractivity contribution in [1.82, 2.24) is 10.2 Å². The summed E-state index contributed by atoms with van der Waals surface area (Å²) in [6.07, 6.45) is 2.52. The van der Waals surface area contributed by atoms with Gasteiger partial charge in [-0.25, -0.2) is 8.42 Å². The van der Waals surface area contributed by atoms with Gasteiger partial charge in [-0.15, -0.1) is 0 Å². The number of anilines is 1. The first kappa shape index (κ1) is 34.4. The third-order valence-electron chi connectivity index (χ3n) is 7.54. The molecule has 3 aromatic rings. The van der Waals surface area contributed by atoms with Crippen LogP contribution in [0.25, 0.3) is 0 Å². The Hall–Kier alpha value is -3.07. The van der Waals surface area contributed by atoms with Gasteiger partial charge in [0, 0.05) is 32.0 Å². The Morgan fingerprint density at radius 2 is 1.60 bits per heavy atom. The molecular weight excluding hydrogens is 605 g/mol. The van der Waals surface area contributed by atoms with Gasteiger partial charge >= 0.3 is 0 Å². The average Bonchev–Trinajstić information content (AvgIpc) is 2.96. The summed E-state index contributed by atoms with van der Waals surface area (Å²) in [5.41, 5.74) is 4.24. The second-order valence-electron chi connectivity index (χ2n) is 11.0. The minimum Gasteiger partial charge on any atom is -0.352 e. The third kappa shape index (κ3) is 9.98. The zero-order valence-corrected chi connectivity index (χ0v) is 27.8. The van der Waals surface area contributed by atoms with Crippen LogP contribution in [0.5, 0.6) is 0 Å². The standard InChI is InChI=1S/C33H41Cl2N3O4S/c1-6-25(4)36-33(40)31(21-26-11-8-7-9-12-26)37(22-27-15-17-29(34)30(35)20-27)32(39)13-10-18-38(43(5,41)42)28-16-14-23(2)24(3)19-28/h7-9,11-12,14-17,19-20,25,31H,6,10,13,18,21-22H2,1-5H3,(H,36,40)/t25-,31+/m0/s1. The molecule has 2 atom stereocenters. The van der Waals surface area contributed by atoms with Crippen LogP contribution in [0, 0.1) is 13.8 Å². The normalized spacial score (nSPS) is 12.8. The molecule has 0 radical (unpaired) electrons. The van der Waals surface area contributed by atoms with Gasteiger partial charge in [-0.1, -0.05) is 72.6 Å². The lowest BCUT2D eigenvalue weighted by Crippen LogP contribution is -2.52. The molecule has 3 aromatic carbocycles. The number of rotatable bonds is 14. The van der Waals surface area contributed by atoms with Crippen molar-refractivity contribution in [3.8, 4) is 0 Å². The predicted octanol–water partition coefficient (Wildman–Crippen LogP) is 6.71. The van der Waals surface area contributed by atoms with E-state index in [0.717, 1.165) is 34.9 Å². The number of hydrogen-bond donors (Lipinski definition) is 1. The van der Waals surface area contributed by atoms with E-state index in [9.17, 15) is 18.0 Å². The molecule has 2 amide bonds. The van der Waals surface area contributed by atoms with E-state index in [1.807, 2.05) is 70.2 Å². The van der Waals surface area contributed by atoms with Gasteiger partial charge in [0.15, 0.2) is 0 Å². The summed E-state index contributed by atoms with van der Waals surface area (Å²) in [5, 5.41) is 3.80. The van der Waals surface area contributed by atoms with Gasteiger partial charge in [0.1, 0.15) is 6.04 Å². The van der Waals surface area contributed by atoms with E-state index in [-0.39, 0.29) is 43.8 Å². The van der Waals surface area contributed by atoms with E-state index < -0.39 is 16.1 Å². The quantitative estimate of drug-likeness (QED) is 0.211. The number of nitrogens with zero attached hydrogens (tertiary/aromatic N) is 2. The average molecular weight is 647 g/mol. The Morgan fingerprint density at radius 3 is 2.21 bits per heavy atom. The SMILES string of the molecule is CC[C@H](C)NC(=O)[C@@H](Cc1ccccc1)N(Cc1ccc(Cl)c(Cl)c1)C(=O)CCCN(c1ccc(C)c(C)c1)S(C)(=O)=O. The van der Waals surface area contributed by atoms with Crippen LogP contribution in [-0.4, -0.2) is 50.0 Å². The highest BCUT2D eigenvalue weighted by Gasteiger charge is 2.31. The number of carbonyl (C=O) groups is 2. The maximum atomic E-state index is 14.0. The molecule has 0 saturated heterocycles. The number of sulfonamides is 1. The summed E-state index contributed by atoms with van der Waals surface area (Å²) in [6, 6.07) is 19.3. The van der Waals surface area contributed by atoms with Gasteiger partial charge in [-0.3, -0.25) is 13.9 Å². The molecule has 0 spiro atoms. The second kappa shape index (κ2) is 15.6. The molecule has 0 aliphatic rings. The van der Waals surface area contributed by atoms with Crippen molar-refractivity contribution >= 4 is 50.7 Å². The predicted molar refractivity (Wildman–Crippen MR) is 176 cm³/mol. The minimum atomic E-state index is -3.59. The molecule has 0 bridgehead atoms. The third-order valence-corrected chi connectivity index (χ3v) is 9.47. The van der Waals surface area contributed by atoms with Crippen molar-refractivity contribution in [2.75, 3.05) is 17.1 Å². The summed E-state index contributed by atoms with van der Waals surface area (Å²) in [4.78, 5) is 29.2. The number of nitrogens with one attached hydrogen (secondary N) is 1. The molecule has 10 heteroatoms. The van der Waals surface area contributed by atoms with Crippen molar-refractivity contribution in [3.05, 3.63) is 99.0 Å². The van der Waals surface area contributed by atoms with Gasteiger partial charge < -0.3 is 10.2 Å². The molecule has 0 saturated carbocycles. The molecule has 0 fully saturated rings. The van der Waals surface area contributed by atoms with Crippen molar-refractivity contribution < 1.29 is 18.0 Å². The van der Waals surface area contributed by atoms with Crippen LogP contribution >= 0.6 is 23.2 Å². The Morgan fingerprint density at radius 1 is 0.907 bits per heavy atom. The van der Waals surface area contributed by atoms with Gasteiger partial charge in [0.25, 0.3) is 0 Å². The summed E-state index contributed by atoms with van der Waals surface area (Å²) < 4.78 is 26.8. The lowest BCUT2D eigenvalue weighted by atomic mass is 10.0. The minimum absolute atomic E-state index is 0.0418. The van der Waals surface area contributed by atoms with Crippen LogP contribution in [0.3, 0.4) is 0 Å². The Bertz CT molecular complexity index is 1520. The zero-order chi connectivity index (χ0) is 31.7. The summed E-state index contributed by atoms with van der Waals surface area (Å²) in [7, 11) is -3.59. The van der Waals surface area contributed by atoms with E-state index >= 15 is 0 Å². The van der Waals surface area contributed by atoms with Crippen LogP contribution in [-0.2, 0) is 32.6 Å². The first-order valence-corrected chi connectivity index (χ1v) is 17.0. The zero-order valence-electron chi connectivity index (χ0n) is 25.4. The molecule has 3 rings (SSSR count). The highest BCUT2D eigenvalue weighted by Crippen LogP contribution is 2.26. The first-order chi connectivity index (χ1) is 20.3. The van der Waals surface area contributed by atoms with Crippen molar-refractivity contribution in [1.29, 1.82) is 0 Å². The van der Waals surface area contributed by atoms with E-state index in [4.69, 9.17) is 23.2 Å². The molecule has 0 aromatic heterocycles. The van der Waals surface area contributed by atoms with Crippen LogP contribution < -0.4 is 9.62 Å². The van der Waals surface area contributed by atoms with Crippen LogP contribution in [0.4, 0.5) is 5.69 Å². The van der Waals surface area contributed by atoms with Gasteiger partial charge in [-0.2, -0.15) is 0 Å². The van der Waals surface area contributed by atoms with E-state index in [2.05, 4.69) is 5.32 Å². The molecular formula is C33H41Cl2N3O4S. The lowest BCUT2D eigenvalue weighted by molar-refractivity contribution is -0.141. The lowest BCUT2D eigenvalue weighted by Gasteiger charge is -2.33. The number of aryl methyl sites for hydroxylation is 2. The molecule has 232 valence electrons. The smallest absolute Gasteiger partial charge is 0.243 e. The Labute approximate surface area is 266 Å². The highest BCUT2D eigenvalue weighted by molar-refractivity contribution is 7.92. The largest absolute Gasteiger partial charge is 0.352 e. The first-order valence-electron chi connectivity index (χ1n) is 14.4. The number of amides is 2. The van der Waals surface area contributed by atoms with E-state index in [0.29, 0.717) is 22.2 Å². The van der Waals surface area contributed by atoms with Gasteiger partial charge in [-0.05, 0) is 80.1 Å². The van der Waals surface area contributed by atoms with Crippen LogP contribution in [0.2, 0.25) is 10.0 Å². The molecule has 0 heterocycles. The number of benzene rings is 3. The monoisotopic (exact) mass is 645 g/mol. The number of halogens is 2. The molecule has 0 aliphatic carbocycles. The Balaban J connectivity index is 1.92.